The van der Waals surface area contributed by atoms with Crippen LogP contribution in [0.4, 0.5) is 5.82 Å². The van der Waals surface area contributed by atoms with Crippen LogP contribution in [0.15, 0.2) is 17.1 Å². The molecular formula is C10H15N3O4. The van der Waals surface area contributed by atoms with E-state index in [-0.39, 0.29) is 12.4 Å². The van der Waals surface area contributed by atoms with E-state index in [2.05, 4.69) is 4.98 Å². The van der Waals surface area contributed by atoms with Gasteiger partial charge in [0, 0.05) is 18.7 Å². The quantitative estimate of drug-likeness (QED) is 0.480. The molecule has 0 saturated heterocycles. The predicted octanol–water partition coefficient (Wildman–Crippen LogP) is -1.90. The molecule has 0 spiro atoms. The fourth-order valence-electron chi connectivity index (χ4n) is 2.23. The van der Waals surface area contributed by atoms with Crippen molar-refractivity contribution in [2.45, 2.75) is 24.7 Å². The van der Waals surface area contributed by atoms with Crippen LogP contribution >= 0.6 is 0 Å². The fourth-order valence-corrected chi connectivity index (χ4v) is 2.23. The molecule has 1 saturated carbocycles. The van der Waals surface area contributed by atoms with Crippen LogP contribution < -0.4 is 11.4 Å². The van der Waals surface area contributed by atoms with Crippen molar-refractivity contribution >= 4 is 5.82 Å². The second-order valence-electron chi connectivity index (χ2n) is 4.27. The van der Waals surface area contributed by atoms with Crippen LogP contribution in [-0.4, -0.2) is 43.7 Å². The van der Waals surface area contributed by atoms with Gasteiger partial charge in [-0.2, -0.15) is 4.98 Å². The van der Waals surface area contributed by atoms with Gasteiger partial charge in [0.1, 0.15) is 11.9 Å². The van der Waals surface area contributed by atoms with Gasteiger partial charge in [0.25, 0.3) is 0 Å². The summed E-state index contributed by atoms with van der Waals surface area (Å²) < 4.78 is 1.24. The first-order valence-electron chi connectivity index (χ1n) is 5.36. The number of hydrogen-bond acceptors (Lipinski definition) is 6. The van der Waals surface area contributed by atoms with E-state index < -0.39 is 29.9 Å². The summed E-state index contributed by atoms with van der Waals surface area (Å²) in [7, 11) is 0. The first kappa shape index (κ1) is 12.0. The van der Waals surface area contributed by atoms with Gasteiger partial charge in [-0.05, 0) is 12.5 Å². The topological polar surface area (TPSA) is 122 Å². The zero-order valence-electron chi connectivity index (χ0n) is 9.10. The molecule has 1 heterocycles. The molecule has 0 unspecified atom stereocenters. The summed E-state index contributed by atoms with van der Waals surface area (Å²) in [4.78, 5) is 15.1. The molecule has 1 fully saturated rings. The third-order valence-corrected chi connectivity index (χ3v) is 3.21. The van der Waals surface area contributed by atoms with E-state index in [1.807, 2.05) is 0 Å². The number of aliphatic hydroxyl groups is 3. The van der Waals surface area contributed by atoms with Gasteiger partial charge in [-0.15, -0.1) is 0 Å². The highest BCUT2D eigenvalue weighted by Crippen LogP contribution is 2.34. The van der Waals surface area contributed by atoms with Gasteiger partial charge in [-0.25, -0.2) is 4.79 Å². The Morgan fingerprint density at radius 2 is 2.18 bits per heavy atom. The third-order valence-electron chi connectivity index (χ3n) is 3.21. The van der Waals surface area contributed by atoms with Gasteiger partial charge in [0.15, 0.2) is 0 Å². The number of aromatic nitrogens is 2. The van der Waals surface area contributed by atoms with E-state index in [1.54, 1.807) is 0 Å². The summed E-state index contributed by atoms with van der Waals surface area (Å²) in [6, 6.07) is 0.870. The van der Waals surface area contributed by atoms with Crippen LogP contribution in [0.2, 0.25) is 0 Å². The van der Waals surface area contributed by atoms with Crippen LogP contribution in [0.3, 0.4) is 0 Å². The lowest BCUT2D eigenvalue weighted by atomic mass is 10.1. The summed E-state index contributed by atoms with van der Waals surface area (Å²) in [5.41, 5.74) is 4.80. The Labute approximate surface area is 97.1 Å². The number of hydrogen-bond donors (Lipinski definition) is 4. The number of nitrogen functional groups attached to an aromatic ring is 1. The van der Waals surface area contributed by atoms with Crippen molar-refractivity contribution in [3.63, 3.8) is 0 Å². The van der Waals surface area contributed by atoms with E-state index in [9.17, 15) is 15.0 Å². The molecule has 1 aliphatic carbocycles. The standard InChI is InChI=1S/C10H15N3O4/c11-7-1-2-13(10(17)12-7)6-3-5(4-14)8(15)9(6)16/h1-2,5-6,8-9,14-16H,3-4H2,(H2,11,12,17)/t5-,6-,8-,9+/m0/s1. The van der Waals surface area contributed by atoms with Crippen molar-refractivity contribution in [3.8, 4) is 0 Å². The minimum Gasteiger partial charge on any atom is -0.396 e. The van der Waals surface area contributed by atoms with Crippen molar-refractivity contribution < 1.29 is 15.3 Å². The number of aliphatic hydroxyl groups excluding tert-OH is 3. The van der Waals surface area contributed by atoms with Crippen LogP contribution in [0.5, 0.6) is 0 Å². The normalized spacial score (nSPS) is 32.9. The molecule has 1 aromatic rings. The maximum Gasteiger partial charge on any atom is 0.349 e. The summed E-state index contributed by atoms with van der Waals surface area (Å²) >= 11 is 0. The Balaban J connectivity index is 2.32. The van der Waals surface area contributed by atoms with Crippen LogP contribution in [0.25, 0.3) is 0 Å². The molecule has 17 heavy (non-hydrogen) atoms. The number of nitrogens with zero attached hydrogens (tertiary/aromatic N) is 2. The lowest BCUT2D eigenvalue weighted by molar-refractivity contribution is -0.00453. The maximum atomic E-state index is 11.6. The lowest BCUT2D eigenvalue weighted by Gasteiger charge is -2.18. The monoisotopic (exact) mass is 241 g/mol. The molecule has 1 aromatic heterocycles. The summed E-state index contributed by atoms with van der Waals surface area (Å²) in [6.45, 7) is -0.230. The van der Waals surface area contributed by atoms with E-state index in [1.165, 1.54) is 16.8 Å². The number of anilines is 1. The Kier molecular flexibility index (Phi) is 3.14. The molecule has 4 atom stereocenters. The summed E-state index contributed by atoms with van der Waals surface area (Å²) in [5, 5.41) is 28.5. The minimum atomic E-state index is -1.09. The molecule has 7 nitrogen and oxygen atoms in total. The molecule has 7 heteroatoms. The van der Waals surface area contributed by atoms with E-state index in [4.69, 9.17) is 10.8 Å². The second-order valence-corrected chi connectivity index (χ2v) is 4.27. The molecule has 0 aliphatic heterocycles. The third kappa shape index (κ3) is 2.04. The summed E-state index contributed by atoms with van der Waals surface area (Å²) in [6.07, 6.45) is -0.361. The SMILES string of the molecule is Nc1ccn([C@H]2C[C@@H](CO)[C@H](O)[C@@H]2O)c(=O)n1. The highest BCUT2D eigenvalue weighted by Gasteiger charge is 2.42. The van der Waals surface area contributed by atoms with Gasteiger partial charge in [0.2, 0.25) is 0 Å². The Bertz CT molecular complexity index is 461. The van der Waals surface area contributed by atoms with Crippen molar-refractivity contribution in [3.05, 3.63) is 22.7 Å². The lowest BCUT2D eigenvalue weighted by Crippen LogP contribution is -2.35. The smallest absolute Gasteiger partial charge is 0.349 e. The number of rotatable bonds is 2. The first-order chi connectivity index (χ1) is 8.04. The molecule has 1 aliphatic rings. The Morgan fingerprint density at radius 1 is 1.47 bits per heavy atom. The van der Waals surface area contributed by atoms with Gasteiger partial charge in [0.05, 0.1) is 12.1 Å². The zero-order chi connectivity index (χ0) is 12.6. The average Bonchev–Trinajstić information content (AvgIpc) is 2.57. The minimum absolute atomic E-state index is 0.109. The maximum absolute atomic E-state index is 11.6. The van der Waals surface area contributed by atoms with Crippen LogP contribution in [-0.2, 0) is 0 Å². The van der Waals surface area contributed by atoms with Crippen LogP contribution in [0.1, 0.15) is 12.5 Å². The van der Waals surface area contributed by atoms with Crippen molar-refractivity contribution in [1.82, 2.24) is 9.55 Å². The van der Waals surface area contributed by atoms with Crippen molar-refractivity contribution in [2.24, 2.45) is 5.92 Å². The van der Waals surface area contributed by atoms with Gasteiger partial charge in [-0.1, -0.05) is 0 Å². The molecule has 2 rings (SSSR count). The Morgan fingerprint density at radius 3 is 2.71 bits per heavy atom. The van der Waals surface area contributed by atoms with Crippen molar-refractivity contribution in [2.75, 3.05) is 12.3 Å². The summed E-state index contributed by atoms with van der Waals surface area (Å²) in [5.74, 6) is -0.322. The molecular weight excluding hydrogens is 226 g/mol. The van der Waals surface area contributed by atoms with E-state index in [0.29, 0.717) is 6.42 Å². The largest absolute Gasteiger partial charge is 0.396 e. The van der Waals surface area contributed by atoms with Crippen molar-refractivity contribution in [1.29, 1.82) is 0 Å². The molecule has 0 radical (unpaired) electrons. The number of nitrogens with two attached hydrogens (primary N) is 1. The zero-order valence-corrected chi connectivity index (χ0v) is 9.10. The molecule has 5 N–H and O–H groups in total. The van der Waals surface area contributed by atoms with Gasteiger partial charge >= 0.3 is 5.69 Å². The van der Waals surface area contributed by atoms with E-state index >= 15 is 0 Å². The van der Waals surface area contributed by atoms with Gasteiger partial charge in [-0.3, -0.25) is 4.57 Å². The second kappa shape index (κ2) is 4.44. The Hall–Kier alpha value is -1.44. The molecule has 0 amide bonds. The highest BCUT2D eigenvalue weighted by molar-refractivity contribution is 5.23. The van der Waals surface area contributed by atoms with Crippen LogP contribution in [0, 0.1) is 5.92 Å². The highest BCUT2D eigenvalue weighted by atomic mass is 16.3. The predicted molar refractivity (Wildman–Crippen MR) is 59.2 cm³/mol. The van der Waals surface area contributed by atoms with E-state index in [0.717, 1.165) is 0 Å². The first-order valence-corrected chi connectivity index (χ1v) is 5.36. The molecule has 0 bridgehead atoms. The molecule has 94 valence electrons. The molecule has 0 aromatic carbocycles. The van der Waals surface area contributed by atoms with Gasteiger partial charge < -0.3 is 21.1 Å². The average molecular weight is 241 g/mol. The fraction of sp³-hybridized carbons (Fsp3) is 0.600.